The topological polar surface area (TPSA) is 33.3 Å². The molecule has 4 heteroatoms. The first-order valence-electron chi connectivity index (χ1n) is 9.03. The van der Waals surface area contributed by atoms with E-state index in [1.807, 2.05) is 19.2 Å². The summed E-state index contributed by atoms with van der Waals surface area (Å²) in [5.74, 6) is 0.929. The van der Waals surface area contributed by atoms with Gasteiger partial charge in [-0.05, 0) is 48.3 Å². The van der Waals surface area contributed by atoms with Gasteiger partial charge in [0.05, 0.1) is 0 Å². The van der Waals surface area contributed by atoms with Crippen LogP contribution in [0.1, 0.15) is 28.5 Å². The lowest BCUT2D eigenvalue weighted by Crippen LogP contribution is -2.16. The molecule has 1 atom stereocenters. The van der Waals surface area contributed by atoms with Crippen LogP contribution in [-0.4, -0.2) is 13.6 Å². The van der Waals surface area contributed by atoms with Crippen molar-refractivity contribution in [1.82, 2.24) is 10.6 Å². The molecule has 0 saturated carbocycles. The molecular weight excluding hydrogens is 340 g/mol. The number of thiophene rings is 1. The van der Waals surface area contributed by atoms with Gasteiger partial charge < -0.3 is 15.4 Å². The minimum Gasteiger partial charge on any atom is -0.485 e. The lowest BCUT2D eigenvalue weighted by atomic mass is 10.1. The second kappa shape index (κ2) is 10.1. The van der Waals surface area contributed by atoms with E-state index in [-0.39, 0.29) is 6.10 Å². The molecule has 0 aliphatic carbocycles. The van der Waals surface area contributed by atoms with Crippen LogP contribution in [-0.2, 0) is 13.1 Å². The Labute approximate surface area is 160 Å². The Kier molecular flexibility index (Phi) is 7.25. The van der Waals surface area contributed by atoms with Crippen LogP contribution in [0.4, 0.5) is 0 Å². The molecule has 0 amide bonds. The van der Waals surface area contributed by atoms with Crippen LogP contribution in [0.25, 0.3) is 0 Å². The van der Waals surface area contributed by atoms with Crippen LogP contribution in [0.2, 0.25) is 0 Å². The lowest BCUT2D eigenvalue weighted by molar-refractivity contribution is 0.198. The average molecular weight is 367 g/mol. The maximum Gasteiger partial charge on any atom is 0.134 e. The Balaban J connectivity index is 1.58. The minimum absolute atomic E-state index is 0.0926. The predicted octanol–water partition coefficient (Wildman–Crippen LogP) is 4.77. The van der Waals surface area contributed by atoms with Crippen LogP contribution in [0.5, 0.6) is 5.75 Å². The second-order valence-corrected chi connectivity index (χ2v) is 7.23. The van der Waals surface area contributed by atoms with E-state index in [9.17, 15) is 0 Å². The van der Waals surface area contributed by atoms with Crippen molar-refractivity contribution >= 4 is 11.3 Å². The number of benzene rings is 2. The summed E-state index contributed by atoms with van der Waals surface area (Å²) in [6, 6.07) is 23.1. The van der Waals surface area contributed by atoms with E-state index >= 15 is 0 Å². The lowest BCUT2D eigenvalue weighted by Gasteiger charge is -2.18. The number of rotatable bonds is 10. The van der Waals surface area contributed by atoms with Crippen molar-refractivity contribution in [3.8, 4) is 5.75 Å². The van der Waals surface area contributed by atoms with Crippen molar-refractivity contribution < 1.29 is 4.74 Å². The molecular formula is C22H26N2OS. The van der Waals surface area contributed by atoms with E-state index in [0.717, 1.165) is 31.8 Å². The van der Waals surface area contributed by atoms with Gasteiger partial charge in [-0.2, -0.15) is 0 Å². The number of ether oxygens (including phenoxy) is 1. The van der Waals surface area contributed by atoms with E-state index < -0.39 is 0 Å². The SMILES string of the molecule is CNCCC(Oc1cccc(CNCc2ccccc2)c1)c1cccs1. The highest BCUT2D eigenvalue weighted by Crippen LogP contribution is 2.28. The smallest absolute Gasteiger partial charge is 0.134 e. The first-order valence-corrected chi connectivity index (χ1v) is 9.91. The second-order valence-electron chi connectivity index (χ2n) is 6.25. The fourth-order valence-electron chi connectivity index (χ4n) is 2.85. The first kappa shape index (κ1) is 18.6. The van der Waals surface area contributed by atoms with Crippen molar-refractivity contribution in [3.05, 3.63) is 88.1 Å². The quantitative estimate of drug-likeness (QED) is 0.542. The van der Waals surface area contributed by atoms with Crippen molar-refractivity contribution in [2.24, 2.45) is 0 Å². The van der Waals surface area contributed by atoms with Crippen LogP contribution in [0.3, 0.4) is 0 Å². The van der Waals surface area contributed by atoms with E-state index in [1.165, 1.54) is 16.0 Å². The van der Waals surface area contributed by atoms with E-state index in [4.69, 9.17) is 4.74 Å². The number of hydrogen-bond acceptors (Lipinski definition) is 4. The molecule has 0 aliphatic heterocycles. The van der Waals surface area contributed by atoms with Gasteiger partial charge in [0.1, 0.15) is 11.9 Å². The molecule has 0 bridgehead atoms. The zero-order valence-electron chi connectivity index (χ0n) is 15.2. The summed E-state index contributed by atoms with van der Waals surface area (Å²) < 4.78 is 6.31. The highest BCUT2D eigenvalue weighted by atomic mass is 32.1. The highest BCUT2D eigenvalue weighted by Gasteiger charge is 2.14. The Morgan fingerprint density at radius 3 is 2.50 bits per heavy atom. The molecule has 0 saturated heterocycles. The van der Waals surface area contributed by atoms with Gasteiger partial charge in [0.25, 0.3) is 0 Å². The molecule has 2 N–H and O–H groups in total. The summed E-state index contributed by atoms with van der Waals surface area (Å²) in [7, 11) is 1.98. The van der Waals surface area contributed by atoms with Gasteiger partial charge in [-0.25, -0.2) is 0 Å². The molecule has 0 spiro atoms. The molecule has 26 heavy (non-hydrogen) atoms. The van der Waals surface area contributed by atoms with Gasteiger partial charge in [-0.3, -0.25) is 0 Å². The van der Waals surface area contributed by atoms with Crippen LogP contribution in [0.15, 0.2) is 72.1 Å². The Morgan fingerprint density at radius 1 is 0.923 bits per heavy atom. The summed E-state index contributed by atoms with van der Waals surface area (Å²) in [6.07, 6.45) is 1.04. The maximum atomic E-state index is 6.31. The molecule has 136 valence electrons. The fraction of sp³-hybridized carbons (Fsp3) is 0.273. The Hall–Kier alpha value is -2.14. The molecule has 1 aromatic heterocycles. The van der Waals surface area contributed by atoms with Crippen LogP contribution in [0, 0.1) is 0 Å². The van der Waals surface area contributed by atoms with Gasteiger partial charge in [0.2, 0.25) is 0 Å². The third kappa shape index (κ3) is 5.70. The number of nitrogens with one attached hydrogen (secondary N) is 2. The minimum atomic E-state index is 0.0926. The van der Waals surface area contributed by atoms with Crippen molar-refractivity contribution in [2.45, 2.75) is 25.6 Å². The van der Waals surface area contributed by atoms with Crippen LogP contribution >= 0.6 is 11.3 Å². The van der Waals surface area contributed by atoms with Gasteiger partial charge in [-0.15, -0.1) is 11.3 Å². The summed E-state index contributed by atoms with van der Waals surface area (Å²) in [5, 5.41) is 8.82. The largest absolute Gasteiger partial charge is 0.485 e. The van der Waals surface area contributed by atoms with E-state index in [1.54, 1.807) is 11.3 Å². The third-order valence-corrected chi connectivity index (χ3v) is 5.16. The third-order valence-electron chi connectivity index (χ3n) is 4.19. The van der Waals surface area contributed by atoms with Gasteiger partial charge in [0.15, 0.2) is 0 Å². The summed E-state index contributed by atoms with van der Waals surface area (Å²) in [5.41, 5.74) is 2.53. The molecule has 2 aromatic carbocycles. The first-order chi connectivity index (χ1) is 12.8. The molecule has 3 rings (SSSR count). The van der Waals surface area contributed by atoms with Gasteiger partial charge >= 0.3 is 0 Å². The molecule has 0 radical (unpaired) electrons. The predicted molar refractivity (Wildman–Crippen MR) is 110 cm³/mol. The normalized spacial score (nSPS) is 12.0. The van der Waals surface area contributed by atoms with Crippen molar-refractivity contribution in [3.63, 3.8) is 0 Å². The van der Waals surface area contributed by atoms with E-state index in [0.29, 0.717) is 0 Å². The van der Waals surface area contributed by atoms with Crippen LogP contribution < -0.4 is 15.4 Å². The van der Waals surface area contributed by atoms with E-state index in [2.05, 4.69) is 70.6 Å². The summed E-state index contributed by atoms with van der Waals surface area (Å²) >= 11 is 1.75. The molecule has 3 nitrogen and oxygen atoms in total. The highest BCUT2D eigenvalue weighted by molar-refractivity contribution is 7.10. The summed E-state index contributed by atoms with van der Waals surface area (Å²) in [4.78, 5) is 1.27. The number of hydrogen-bond donors (Lipinski definition) is 2. The van der Waals surface area contributed by atoms with Gasteiger partial charge in [0, 0.05) is 24.4 Å². The average Bonchev–Trinajstić information content (AvgIpc) is 3.21. The molecule has 3 aromatic rings. The maximum absolute atomic E-state index is 6.31. The zero-order chi connectivity index (χ0) is 18.0. The Morgan fingerprint density at radius 2 is 1.73 bits per heavy atom. The zero-order valence-corrected chi connectivity index (χ0v) is 16.0. The standard InChI is InChI=1S/C22H26N2OS/c1-23-13-12-21(22-11-6-14-26-22)25-20-10-5-9-19(15-20)17-24-16-18-7-3-2-4-8-18/h2-11,14-15,21,23-24H,12-13,16-17H2,1H3. The molecule has 1 unspecified atom stereocenters. The summed E-state index contributed by atoms with van der Waals surface area (Å²) in [6.45, 7) is 2.62. The monoisotopic (exact) mass is 366 g/mol. The fourth-order valence-corrected chi connectivity index (χ4v) is 3.64. The van der Waals surface area contributed by atoms with Gasteiger partial charge in [-0.1, -0.05) is 48.5 Å². The van der Waals surface area contributed by atoms with Crippen molar-refractivity contribution in [1.29, 1.82) is 0 Å². The molecule has 0 fully saturated rings. The Bertz CT molecular complexity index is 759. The molecule has 0 aliphatic rings. The molecule has 1 heterocycles. The van der Waals surface area contributed by atoms with Crippen molar-refractivity contribution in [2.75, 3.05) is 13.6 Å².